The molecule has 25 heavy (non-hydrogen) atoms. The zero-order valence-corrected chi connectivity index (χ0v) is 14.9. The van der Waals surface area contributed by atoms with E-state index in [0.29, 0.717) is 6.54 Å². The average Bonchev–Trinajstić information content (AvgIpc) is 2.99. The predicted octanol–water partition coefficient (Wildman–Crippen LogP) is 2.99. The third-order valence-electron chi connectivity index (χ3n) is 5.40. The number of rotatable bonds is 4. The molecule has 1 saturated heterocycles. The van der Waals surface area contributed by atoms with Crippen LogP contribution in [0.25, 0.3) is 0 Å². The molecule has 0 aromatic carbocycles. The van der Waals surface area contributed by atoms with Gasteiger partial charge in [0.15, 0.2) is 0 Å². The van der Waals surface area contributed by atoms with Crippen molar-refractivity contribution in [3.8, 4) is 0 Å². The number of aryl methyl sites for hydroxylation is 1. The normalized spacial score (nSPS) is 24.4. The molecule has 5 nitrogen and oxygen atoms in total. The third-order valence-corrected chi connectivity index (χ3v) is 5.40. The van der Waals surface area contributed by atoms with Gasteiger partial charge in [-0.2, -0.15) is 0 Å². The lowest BCUT2D eigenvalue weighted by atomic mass is 9.86. The van der Waals surface area contributed by atoms with Crippen molar-refractivity contribution >= 4 is 5.91 Å². The van der Waals surface area contributed by atoms with Gasteiger partial charge in [-0.1, -0.05) is 0 Å². The lowest BCUT2D eigenvalue weighted by Gasteiger charge is -2.27. The van der Waals surface area contributed by atoms with Crippen LogP contribution in [0.3, 0.4) is 0 Å². The summed E-state index contributed by atoms with van der Waals surface area (Å²) in [7, 11) is 2.08. The molecule has 1 aliphatic heterocycles. The van der Waals surface area contributed by atoms with Crippen molar-refractivity contribution in [2.75, 3.05) is 13.6 Å². The van der Waals surface area contributed by atoms with E-state index in [-0.39, 0.29) is 43.6 Å². The highest BCUT2D eigenvalue weighted by atomic mass is 19.3. The highest BCUT2D eigenvalue weighted by molar-refractivity contribution is 5.78. The van der Waals surface area contributed by atoms with Crippen LogP contribution in [0.2, 0.25) is 0 Å². The number of hydrogen-bond donors (Lipinski definition) is 1. The second-order valence-corrected chi connectivity index (χ2v) is 7.31. The summed E-state index contributed by atoms with van der Waals surface area (Å²) in [6.45, 7) is 3.25. The predicted molar refractivity (Wildman–Crippen MR) is 90.1 cm³/mol. The summed E-state index contributed by atoms with van der Waals surface area (Å²) in [5.41, 5.74) is 1.89. The second kappa shape index (κ2) is 7.32. The lowest BCUT2D eigenvalue weighted by Crippen LogP contribution is -2.36. The van der Waals surface area contributed by atoms with E-state index in [0.717, 1.165) is 36.5 Å². The highest BCUT2D eigenvalue weighted by Gasteiger charge is 2.37. The summed E-state index contributed by atoms with van der Waals surface area (Å²) in [6.07, 6.45) is 4.06. The molecule has 2 fully saturated rings. The maximum atomic E-state index is 13.2. The van der Waals surface area contributed by atoms with Gasteiger partial charge in [0, 0.05) is 37.1 Å². The Morgan fingerprint density at radius 1 is 1.36 bits per heavy atom. The molecule has 1 atom stereocenters. The molecule has 0 bridgehead atoms. The number of halogens is 2. The Balaban J connectivity index is 1.64. The van der Waals surface area contributed by atoms with Gasteiger partial charge in [0.1, 0.15) is 5.82 Å². The van der Waals surface area contributed by atoms with Crippen LogP contribution in [0.4, 0.5) is 8.78 Å². The minimum atomic E-state index is -2.61. The van der Waals surface area contributed by atoms with E-state index in [2.05, 4.69) is 27.2 Å². The van der Waals surface area contributed by atoms with Crippen LogP contribution in [0, 0.1) is 12.8 Å². The quantitative estimate of drug-likeness (QED) is 0.905. The van der Waals surface area contributed by atoms with E-state index in [1.807, 2.05) is 6.92 Å². The highest BCUT2D eigenvalue weighted by Crippen LogP contribution is 2.36. The van der Waals surface area contributed by atoms with Crippen molar-refractivity contribution in [3.05, 3.63) is 23.3 Å². The first kappa shape index (κ1) is 18.2. The van der Waals surface area contributed by atoms with Crippen molar-refractivity contribution in [2.45, 2.75) is 64.0 Å². The van der Waals surface area contributed by atoms with Crippen LogP contribution >= 0.6 is 0 Å². The summed E-state index contributed by atoms with van der Waals surface area (Å²) in [5.74, 6) is -2.34. The number of likely N-dealkylation sites (tertiary alicyclic amines) is 1. The largest absolute Gasteiger partial charge is 0.352 e. The van der Waals surface area contributed by atoms with Crippen molar-refractivity contribution in [3.63, 3.8) is 0 Å². The molecule has 1 aromatic rings. The van der Waals surface area contributed by atoms with Gasteiger partial charge in [0.05, 0.1) is 11.7 Å². The van der Waals surface area contributed by atoms with Crippen LogP contribution in [-0.4, -0.2) is 40.3 Å². The van der Waals surface area contributed by atoms with E-state index in [9.17, 15) is 13.6 Å². The number of carbonyl (C=O) groups is 1. The molecular weight excluding hydrogens is 326 g/mol. The summed E-state index contributed by atoms with van der Waals surface area (Å²) < 4.78 is 26.5. The van der Waals surface area contributed by atoms with Crippen LogP contribution in [0.5, 0.6) is 0 Å². The first-order chi connectivity index (χ1) is 11.9. The Morgan fingerprint density at radius 3 is 2.72 bits per heavy atom. The van der Waals surface area contributed by atoms with Crippen molar-refractivity contribution < 1.29 is 13.6 Å². The van der Waals surface area contributed by atoms with Crippen molar-refractivity contribution in [1.29, 1.82) is 0 Å². The van der Waals surface area contributed by atoms with E-state index >= 15 is 0 Å². The van der Waals surface area contributed by atoms with Crippen LogP contribution in [-0.2, 0) is 11.3 Å². The smallest absolute Gasteiger partial charge is 0.248 e. The average molecular weight is 352 g/mol. The molecule has 1 saturated carbocycles. The number of alkyl halides is 2. The first-order valence-electron chi connectivity index (χ1n) is 9.04. The first-order valence-corrected chi connectivity index (χ1v) is 9.04. The fourth-order valence-corrected chi connectivity index (χ4v) is 3.82. The standard InChI is InChI=1S/C18H26F2N4O/c1-12-21-10-14(16(23-12)15-4-3-9-24(15)2)11-22-17(25)13-5-7-18(19,20)8-6-13/h10,13,15H,3-9,11H2,1-2H3,(H,22,25)/t15-/m0/s1. The molecule has 2 aliphatic rings. The molecule has 7 heteroatoms. The number of aromatic nitrogens is 2. The van der Waals surface area contributed by atoms with E-state index in [4.69, 9.17) is 0 Å². The summed E-state index contributed by atoms with van der Waals surface area (Å²) in [4.78, 5) is 23.5. The Bertz CT molecular complexity index is 628. The van der Waals surface area contributed by atoms with Gasteiger partial charge in [0.2, 0.25) is 11.8 Å². The minimum Gasteiger partial charge on any atom is -0.352 e. The molecule has 1 aliphatic carbocycles. The molecule has 3 rings (SSSR count). The van der Waals surface area contributed by atoms with Crippen molar-refractivity contribution in [2.24, 2.45) is 5.92 Å². The molecule has 1 amide bonds. The topological polar surface area (TPSA) is 58.1 Å². The van der Waals surface area contributed by atoms with Gasteiger partial charge in [-0.15, -0.1) is 0 Å². The zero-order chi connectivity index (χ0) is 18.0. The minimum absolute atomic E-state index is 0.137. The Hall–Kier alpha value is -1.63. The van der Waals surface area contributed by atoms with E-state index in [1.54, 1.807) is 6.20 Å². The SMILES string of the molecule is Cc1ncc(CNC(=O)C2CCC(F)(F)CC2)c([C@@H]2CCCN2C)n1. The molecule has 0 unspecified atom stereocenters. The zero-order valence-electron chi connectivity index (χ0n) is 14.9. The maximum Gasteiger partial charge on any atom is 0.248 e. The third kappa shape index (κ3) is 4.32. The Labute approximate surface area is 147 Å². The fraction of sp³-hybridized carbons (Fsp3) is 0.722. The number of nitrogens with zero attached hydrogens (tertiary/aromatic N) is 3. The molecule has 2 heterocycles. The van der Waals surface area contributed by atoms with Crippen LogP contribution in [0.15, 0.2) is 6.20 Å². The van der Waals surface area contributed by atoms with Gasteiger partial charge < -0.3 is 5.32 Å². The van der Waals surface area contributed by atoms with Gasteiger partial charge >= 0.3 is 0 Å². The van der Waals surface area contributed by atoms with Crippen molar-refractivity contribution in [1.82, 2.24) is 20.2 Å². The number of nitrogens with one attached hydrogen (secondary N) is 1. The number of hydrogen-bond acceptors (Lipinski definition) is 4. The Morgan fingerprint density at radius 2 is 2.08 bits per heavy atom. The van der Waals surface area contributed by atoms with Crippen LogP contribution in [0.1, 0.15) is 61.6 Å². The summed E-state index contributed by atoms with van der Waals surface area (Å²) in [5, 5.41) is 2.91. The van der Waals surface area contributed by atoms with Gasteiger partial charge in [-0.05, 0) is 46.2 Å². The lowest BCUT2D eigenvalue weighted by molar-refractivity contribution is -0.129. The molecule has 138 valence electrons. The number of amides is 1. The summed E-state index contributed by atoms with van der Waals surface area (Å²) >= 11 is 0. The maximum absolute atomic E-state index is 13.2. The van der Waals surface area contributed by atoms with E-state index in [1.165, 1.54) is 0 Å². The monoisotopic (exact) mass is 352 g/mol. The second-order valence-electron chi connectivity index (χ2n) is 7.31. The van der Waals surface area contributed by atoms with Gasteiger partial charge in [-0.25, -0.2) is 18.7 Å². The molecule has 1 N–H and O–H groups in total. The summed E-state index contributed by atoms with van der Waals surface area (Å²) in [6, 6.07) is 0.252. The fourth-order valence-electron chi connectivity index (χ4n) is 3.82. The van der Waals surface area contributed by atoms with E-state index < -0.39 is 5.92 Å². The molecule has 0 spiro atoms. The molecule has 0 radical (unpaired) electrons. The number of carbonyl (C=O) groups excluding carboxylic acids is 1. The van der Waals surface area contributed by atoms with Crippen LogP contribution < -0.4 is 5.32 Å². The van der Waals surface area contributed by atoms with Gasteiger partial charge in [0.25, 0.3) is 0 Å². The Kier molecular flexibility index (Phi) is 5.32. The molecular formula is C18H26F2N4O. The molecule has 1 aromatic heterocycles. The van der Waals surface area contributed by atoms with Gasteiger partial charge in [-0.3, -0.25) is 9.69 Å².